The lowest BCUT2D eigenvalue weighted by Crippen LogP contribution is -2.32. The highest BCUT2D eigenvalue weighted by atomic mass is 32.1. The van der Waals surface area contributed by atoms with Crippen LogP contribution in [0.2, 0.25) is 0 Å². The Kier molecular flexibility index (Phi) is 4.55. The zero-order valence-corrected chi connectivity index (χ0v) is 16.9. The molecule has 1 saturated heterocycles. The Hall–Kier alpha value is -3.13. The number of aromatic nitrogens is 4. The fourth-order valence-corrected chi connectivity index (χ4v) is 4.63. The number of benzene rings is 1. The number of nitrogens with zero attached hydrogens (tertiary/aromatic N) is 4. The van der Waals surface area contributed by atoms with Crippen LogP contribution in [0.25, 0.3) is 16.2 Å². The number of carbonyl (C=O) groups is 1. The highest BCUT2D eigenvalue weighted by Crippen LogP contribution is 2.32. The number of thiazole rings is 1. The zero-order valence-electron chi connectivity index (χ0n) is 16.0. The topological polar surface area (TPSA) is 75.5 Å². The fourth-order valence-electron chi connectivity index (χ4n) is 3.91. The molecule has 0 aliphatic carbocycles. The van der Waals surface area contributed by atoms with E-state index in [2.05, 4.69) is 15.0 Å². The summed E-state index contributed by atoms with van der Waals surface area (Å²) in [7, 11) is 1.66. The van der Waals surface area contributed by atoms with Crippen LogP contribution in [0.3, 0.4) is 0 Å². The van der Waals surface area contributed by atoms with Gasteiger partial charge in [0.25, 0.3) is 0 Å². The molecule has 8 heteroatoms. The summed E-state index contributed by atoms with van der Waals surface area (Å²) in [5.74, 6) is 1.73. The van der Waals surface area contributed by atoms with Gasteiger partial charge in [-0.15, -0.1) is 11.3 Å². The van der Waals surface area contributed by atoms with Crippen LogP contribution in [0, 0.1) is 0 Å². The SMILES string of the molecule is COc1cccc(-c2cnc([C@@H]3CCCN3C(=O)Cc3cn4ccsc4n3)[nH]2)c1. The number of hydrogen-bond donors (Lipinski definition) is 1. The Morgan fingerprint density at radius 1 is 1.41 bits per heavy atom. The molecule has 1 amide bonds. The number of carbonyl (C=O) groups excluding carboxylic acids is 1. The van der Waals surface area contributed by atoms with E-state index in [1.54, 1.807) is 18.4 Å². The Bertz CT molecular complexity index is 1130. The number of nitrogens with one attached hydrogen (secondary N) is 1. The molecule has 5 rings (SSSR count). The van der Waals surface area contributed by atoms with Gasteiger partial charge in [-0.2, -0.15) is 0 Å². The van der Waals surface area contributed by atoms with Crippen LogP contribution in [-0.2, 0) is 11.2 Å². The van der Waals surface area contributed by atoms with Gasteiger partial charge in [0.05, 0.1) is 37.2 Å². The van der Waals surface area contributed by atoms with Crippen molar-refractivity contribution >= 4 is 22.2 Å². The second kappa shape index (κ2) is 7.36. The summed E-state index contributed by atoms with van der Waals surface area (Å²) in [5.41, 5.74) is 2.74. The highest BCUT2D eigenvalue weighted by Gasteiger charge is 2.32. The van der Waals surface area contributed by atoms with Crippen molar-refractivity contribution in [1.29, 1.82) is 0 Å². The molecule has 1 aliphatic heterocycles. The predicted octanol–water partition coefficient (Wildman–Crippen LogP) is 3.70. The molecule has 0 radical (unpaired) electrons. The minimum absolute atomic E-state index is 0.0226. The molecule has 4 aromatic rings. The van der Waals surface area contributed by atoms with E-state index >= 15 is 0 Å². The molecule has 29 heavy (non-hydrogen) atoms. The van der Waals surface area contributed by atoms with Gasteiger partial charge in [-0.1, -0.05) is 12.1 Å². The third-order valence-corrected chi connectivity index (χ3v) is 6.11. The molecular weight excluding hydrogens is 386 g/mol. The standard InChI is InChI=1S/C21H21N5O2S/c1-28-16-5-2-4-14(10-16)17-12-22-20(24-17)18-6-3-7-26(18)19(27)11-15-13-25-8-9-29-21(25)23-15/h2,4-5,8-10,12-13,18H,3,6-7,11H2,1H3,(H,22,24)/t18-/m0/s1. The lowest BCUT2D eigenvalue weighted by Gasteiger charge is -2.23. The smallest absolute Gasteiger partial charge is 0.229 e. The number of likely N-dealkylation sites (tertiary alicyclic amines) is 1. The Balaban J connectivity index is 1.34. The quantitative estimate of drug-likeness (QED) is 0.547. The largest absolute Gasteiger partial charge is 0.497 e. The first-order valence-electron chi connectivity index (χ1n) is 9.61. The number of imidazole rings is 2. The summed E-state index contributed by atoms with van der Waals surface area (Å²) < 4.78 is 7.27. The van der Waals surface area contributed by atoms with E-state index in [0.29, 0.717) is 6.42 Å². The number of amides is 1. The zero-order chi connectivity index (χ0) is 19.8. The number of fused-ring (bicyclic) bond motifs is 1. The van der Waals surface area contributed by atoms with Crippen molar-refractivity contribution in [2.24, 2.45) is 0 Å². The minimum atomic E-state index is -0.0226. The lowest BCUT2D eigenvalue weighted by molar-refractivity contribution is -0.131. The minimum Gasteiger partial charge on any atom is -0.497 e. The summed E-state index contributed by atoms with van der Waals surface area (Å²) in [6.07, 6.45) is 7.92. The van der Waals surface area contributed by atoms with Gasteiger partial charge in [0.15, 0.2) is 4.96 Å². The number of methoxy groups -OCH3 is 1. The van der Waals surface area contributed by atoms with Gasteiger partial charge >= 0.3 is 0 Å². The molecular formula is C21H21N5O2S. The second-order valence-corrected chi connectivity index (χ2v) is 8.03. The molecule has 148 valence electrons. The molecule has 0 unspecified atom stereocenters. The number of hydrogen-bond acceptors (Lipinski definition) is 5. The molecule has 0 saturated carbocycles. The Labute approximate surface area is 172 Å². The molecule has 1 aromatic carbocycles. The Morgan fingerprint density at radius 2 is 2.34 bits per heavy atom. The van der Waals surface area contributed by atoms with Crippen LogP contribution in [0.5, 0.6) is 5.75 Å². The lowest BCUT2D eigenvalue weighted by atomic mass is 10.1. The van der Waals surface area contributed by atoms with E-state index < -0.39 is 0 Å². The van der Waals surface area contributed by atoms with Crippen molar-refractivity contribution in [1.82, 2.24) is 24.3 Å². The molecule has 0 bridgehead atoms. The summed E-state index contributed by atoms with van der Waals surface area (Å²) in [6.45, 7) is 0.751. The number of ether oxygens (including phenoxy) is 1. The van der Waals surface area contributed by atoms with E-state index in [1.807, 2.05) is 57.5 Å². The first kappa shape index (κ1) is 17.9. The van der Waals surface area contributed by atoms with Crippen LogP contribution < -0.4 is 4.74 Å². The molecule has 7 nitrogen and oxygen atoms in total. The van der Waals surface area contributed by atoms with Gasteiger partial charge in [0, 0.05) is 29.9 Å². The van der Waals surface area contributed by atoms with Gasteiger partial charge in [-0.05, 0) is 25.0 Å². The van der Waals surface area contributed by atoms with Gasteiger partial charge in [0.2, 0.25) is 5.91 Å². The van der Waals surface area contributed by atoms with Crippen LogP contribution in [-0.4, -0.2) is 43.8 Å². The van der Waals surface area contributed by atoms with Gasteiger partial charge in [-0.3, -0.25) is 9.20 Å². The van der Waals surface area contributed by atoms with Gasteiger partial charge < -0.3 is 14.6 Å². The molecule has 1 N–H and O–H groups in total. The maximum Gasteiger partial charge on any atom is 0.229 e. The predicted molar refractivity (Wildman–Crippen MR) is 111 cm³/mol. The van der Waals surface area contributed by atoms with E-state index in [0.717, 1.165) is 52.9 Å². The second-order valence-electron chi connectivity index (χ2n) is 7.16. The van der Waals surface area contributed by atoms with Crippen molar-refractivity contribution in [3.8, 4) is 17.0 Å². The summed E-state index contributed by atoms with van der Waals surface area (Å²) in [6, 6.07) is 7.83. The number of aromatic amines is 1. The van der Waals surface area contributed by atoms with Crippen LogP contribution in [0.15, 0.2) is 48.2 Å². The average molecular weight is 407 g/mol. The van der Waals surface area contributed by atoms with E-state index in [-0.39, 0.29) is 11.9 Å². The van der Waals surface area contributed by atoms with Crippen molar-refractivity contribution in [2.75, 3.05) is 13.7 Å². The van der Waals surface area contributed by atoms with Crippen molar-refractivity contribution in [2.45, 2.75) is 25.3 Å². The van der Waals surface area contributed by atoms with Crippen LogP contribution in [0.4, 0.5) is 0 Å². The highest BCUT2D eigenvalue weighted by molar-refractivity contribution is 7.15. The van der Waals surface area contributed by atoms with E-state index in [1.165, 1.54) is 0 Å². The summed E-state index contributed by atoms with van der Waals surface area (Å²) in [4.78, 5) is 28.4. The summed E-state index contributed by atoms with van der Waals surface area (Å²) in [5, 5.41) is 1.99. The third kappa shape index (κ3) is 3.40. The maximum absolute atomic E-state index is 13.0. The molecule has 1 aliphatic rings. The average Bonchev–Trinajstić information content (AvgIpc) is 3.50. The Morgan fingerprint density at radius 3 is 3.21 bits per heavy atom. The van der Waals surface area contributed by atoms with Crippen molar-refractivity contribution in [3.05, 3.63) is 59.8 Å². The monoisotopic (exact) mass is 407 g/mol. The van der Waals surface area contributed by atoms with E-state index in [9.17, 15) is 4.79 Å². The van der Waals surface area contributed by atoms with Gasteiger partial charge in [-0.25, -0.2) is 9.97 Å². The first-order chi connectivity index (χ1) is 14.2. The van der Waals surface area contributed by atoms with Crippen LogP contribution >= 0.6 is 11.3 Å². The van der Waals surface area contributed by atoms with Crippen LogP contribution in [0.1, 0.15) is 30.4 Å². The fraction of sp³-hybridized carbons (Fsp3) is 0.286. The number of rotatable bonds is 5. The van der Waals surface area contributed by atoms with Crippen molar-refractivity contribution in [3.63, 3.8) is 0 Å². The van der Waals surface area contributed by atoms with E-state index in [4.69, 9.17) is 4.74 Å². The number of H-pyrrole nitrogens is 1. The normalized spacial score (nSPS) is 16.6. The molecule has 1 atom stereocenters. The molecule has 3 aromatic heterocycles. The molecule has 0 spiro atoms. The van der Waals surface area contributed by atoms with Crippen molar-refractivity contribution < 1.29 is 9.53 Å². The third-order valence-electron chi connectivity index (χ3n) is 5.34. The first-order valence-corrected chi connectivity index (χ1v) is 10.5. The van der Waals surface area contributed by atoms with Gasteiger partial charge in [0.1, 0.15) is 11.6 Å². The molecule has 4 heterocycles. The maximum atomic E-state index is 13.0. The molecule has 1 fully saturated rings. The summed E-state index contributed by atoms with van der Waals surface area (Å²) >= 11 is 1.57.